The van der Waals surface area contributed by atoms with Gasteiger partial charge >= 0.3 is 0 Å². The lowest BCUT2D eigenvalue weighted by atomic mass is 10.5. The van der Waals surface area contributed by atoms with E-state index in [4.69, 9.17) is 5.11 Å². The molecule has 0 aliphatic rings. The molecule has 1 rings (SSSR count). The smallest absolute Gasteiger partial charge is 0.247 e. The minimum absolute atomic E-state index is 0.0439. The maximum absolute atomic E-state index is 11.7. The topological polar surface area (TPSA) is 99.3 Å². The molecular weight excluding hydrogens is 276 g/mol. The third-order valence-electron chi connectivity index (χ3n) is 2.05. The molecule has 0 amide bonds. The maximum Gasteiger partial charge on any atom is 0.247 e. The highest BCUT2D eigenvalue weighted by atomic mass is 32.2. The molecule has 0 radical (unpaired) electrons. The van der Waals surface area contributed by atoms with Crippen molar-refractivity contribution in [2.45, 2.75) is 11.3 Å². The molecule has 0 saturated carbocycles. The summed E-state index contributed by atoms with van der Waals surface area (Å²) in [7, 11) is -3.55. The highest BCUT2D eigenvalue weighted by Gasteiger charge is 2.12. The summed E-state index contributed by atoms with van der Waals surface area (Å²) < 4.78 is 25.9. The molecule has 0 bridgehead atoms. The summed E-state index contributed by atoms with van der Waals surface area (Å²) in [4.78, 5) is 13.2. The van der Waals surface area contributed by atoms with Crippen LogP contribution in [0.1, 0.15) is 6.42 Å². The fourth-order valence-electron chi connectivity index (χ4n) is 1.16. The van der Waals surface area contributed by atoms with E-state index in [1.807, 2.05) is 0 Å². The van der Waals surface area contributed by atoms with E-state index in [1.54, 1.807) is 11.8 Å². The zero-order valence-corrected chi connectivity index (χ0v) is 11.4. The summed E-state index contributed by atoms with van der Waals surface area (Å²) in [5, 5.41) is 8.57. The highest BCUT2D eigenvalue weighted by Crippen LogP contribution is 2.05. The Morgan fingerprint density at radius 3 is 2.72 bits per heavy atom. The molecule has 0 fully saturated rings. The third kappa shape index (κ3) is 5.21. The van der Waals surface area contributed by atoms with Crippen molar-refractivity contribution >= 4 is 21.8 Å². The van der Waals surface area contributed by atoms with Crippen LogP contribution in [0.15, 0.2) is 28.0 Å². The second kappa shape index (κ2) is 7.57. The number of hydrogen-bond donors (Lipinski definition) is 3. The Morgan fingerprint density at radius 2 is 2.11 bits per heavy atom. The zero-order chi connectivity index (χ0) is 13.4. The van der Waals surface area contributed by atoms with Gasteiger partial charge in [-0.3, -0.25) is 4.79 Å². The summed E-state index contributed by atoms with van der Waals surface area (Å²) in [6.45, 7) is 0.466. The number of thioether (sulfide) groups is 1. The third-order valence-corrected chi connectivity index (χ3v) is 4.58. The lowest BCUT2D eigenvalue weighted by Gasteiger charge is -2.05. The van der Waals surface area contributed by atoms with Gasteiger partial charge in [0.1, 0.15) is 0 Å². The zero-order valence-electron chi connectivity index (χ0n) is 9.76. The maximum atomic E-state index is 11.7. The number of hydrogen-bond acceptors (Lipinski definition) is 5. The molecule has 1 heterocycles. The molecule has 0 spiro atoms. The predicted octanol–water partition coefficient (Wildman–Crippen LogP) is -0.231. The van der Waals surface area contributed by atoms with Gasteiger partial charge in [0, 0.05) is 31.2 Å². The minimum Gasteiger partial charge on any atom is -0.396 e. The molecule has 0 unspecified atom stereocenters. The van der Waals surface area contributed by atoms with Crippen LogP contribution < -0.4 is 10.3 Å². The molecule has 6 nitrogen and oxygen atoms in total. The Balaban J connectivity index is 2.41. The Morgan fingerprint density at radius 1 is 1.33 bits per heavy atom. The van der Waals surface area contributed by atoms with Crippen LogP contribution in [0.3, 0.4) is 0 Å². The first-order chi connectivity index (χ1) is 8.56. The average molecular weight is 292 g/mol. The van der Waals surface area contributed by atoms with Gasteiger partial charge in [-0.15, -0.1) is 0 Å². The van der Waals surface area contributed by atoms with Crippen LogP contribution in [0.5, 0.6) is 0 Å². The van der Waals surface area contributed by atoms with Crippen molar-refractivity contribution in [2.24, 2.45) is 0 Å². The van der Waals surface area contributed by atoms with Crippen LogP contribution in [0.4, 0.5) is 0 Å². The molecule has 0 atom stereocenters. The lowest BCUT2D eigenvalue weighted by Crippen LogP contribution is -2.26. The van der Waals surface area contributed by atoms with E-state index in [-0.39, 0.29) is 17.1 Å². The van der Waals surface area contributed by atoms with E-state index in [0.717, 1.165) is 5.75 Å². The molecule has 3 N–H and O–H groups in total. The van der Waals surface area contributed by atoms with Crippen LogP contribution in [-0.4, -0.2) is 43.2 Å². The normalized spacial score (nSPS) is 11.6. The second-order valence-electron chi connectivity index (χ2n) is 3.48. The fourth-order valence-corrected chi connectivity index (χ4v) is 3.08. The van der Waals surface area contributed by atoms with Crippen molar-refractivity contribution in [3.63, 3.8) is 0 Å². The van der Waals surface area contributed by atoms with Crippen LogP contribution in [0, 0.1) is 0 Å². The monoisotopic (exact) mass is 292 g/mol. The molecule has 1 aromatic heterocycles. The first-order valence-corrected chi connectivity index (χ1v) is 8.07. The molecule has 102 valence electrons. The van der Waals surface area contributed by atoms with E-state index < -0.39 is 10.0 Å². The largest absolute Gasteiger partial charge is 0.396 e. The summed E-state index contributed by atoms with van der Waals surface area (Å²) in [5.41, 5.74) is -0.339. The van der Waals surface area contributed by atoms with E-state index in [1.165, 1.54) is 18.3 Å². The molecule has 1 aromatic rings. The highest BCUT2D eigenvalue weighted by molar-refractivity contribution is 7.99. The lowest BCUT2D eigenvalue weighted by molar-refractivity contribution is 0.296. The summed E-state index contributed by atoms with van der Waals surface area (Å²) >= 11 is 1.57. The van der Waals surface area contributed by atoms with Crippen molar-refractivity contribution in [2.75, 3.05) is 24.7 Å². The van der Waals surface area contributed by atoms with Crippen molar-refractivity contribution in [1.82, 2.24) is 9.71 Å². The van der Waals surface area contributed by atoms with Gasteiger partial charge in [-0.05, 0) is 18.2 Å². The number of aliphatic hydroxyl groups excluding tert-OH is 1. The van der Waals surface area contributed by atoms with Crippen LogP contribution in [-0.2, 0) is 10.0 Å². The summed E-state index contributed by atoms with van der Waals surface area (Å²) in [6, 6.07) is 2.44. The van der Waals surface area contributed by atoms with E-state index in [9.17, 15) is 13.2 Å². The van der Waals surface area contributed by atoms with Gasteiger partial charge in [0.05, 0.1) is 4.90 Å². The van der Waals surface area contributed by atoms with Gasteiger partial charge < -0.3 is 10.1 Å². The van der Waals surface area contributed by atoms with Gasteiger partial charge in [-0.1, -0.05) is 0 Å². The molecule has 0 aromatic carbocycles. The SMILES string of the molecule is O=c1ccc(S(=O)(=O)NCCSCCCO)c[nH]1. The Kier molecular flexibility index (Phi) is 6.41. The van der Waals surface area contributed by atoms with Gasteiger partial charge in [0.15, 0.2) is 0 Å². The van der Waals surface area contributed by atoms with E-state index in [2.05, 4.69) is 9.71 Å². The van der Waals surface area contributed by atoms with Crippen LogP contribution in [0.25, 0.3) is 0 Å². The second-order valence-corrected chi connectivity index (χ2v) is 6.47. The minimum atomic E-state index is -3.55. The predicted molar refractivity (Wildman–Crippen MR) is 71.3 cm³/mol. The molecule has 8 heteroatoms. The first kappa shape index (κ1) is 15.2. The average Bonchev–Trinajstić information content (AvgIpc) is 2.34. The van der Waals surface area contributed by atoms with Crippen LogP contribution >= 0.6 is 11.8 Å². The van der Waals surface area contributed by atoms with Crippen LogP contribution in [0.2, 0.25) is 0 Å². The molecule has 18 heavy (non-hydrogen) atoms. The van der Waals surface area contributed by atoms with Crippen molar-refractivity contribution in [3.05, 3.63) is 28.7 Å². The Labute approximate surface area is 110 Å². The number of aromatic amines is 1. The van der Waals surface area contributed by atoms with Gasteiger partial charge in [-0.2, -0.15) is 11.8 Å². The number of nitrogens with one attached hydrogen (secondary N) is 2. The fraction of sp³-hybridized carbons (Fsp3) is 0.500. The van der Waals surface area contributed by atoms with E-state index in [0.29, 0.717) is 18.7 Å². The van der Waals surface area contributed by atoms with Crippen molar-refractivity contribution in [1.29, 1.82) is 0 Å². The number of aliphatic hydroxyl groups is 1. The number of H-pyrrole nitrogens is 1. The Bertz CT molecular complexity index is 492. The van der Waals surface area contributed by atoms with Crippen molar-refractivity contribution < 1.29 is 13.5 Å². The number of sulfonamides is 1. The molecular formula is C10H16N2O4S2. The standard InChI is InChI=1S/C10H16N2O4S2/c13-5-1-6-17-7-4-12-18(15,16)9-2-3-10(14)11-8-9/h2-3,8,12-13H,1,4-7H2,(H,11,14). The van der Waals surface area contributed by atoms with Crippen molar-refractivity contribution in [3.8, 4) is 0 Å². The van der Waals surface area contributed by atoms with Gasteiger partial charge in [0.2, 0.25) is 15.6 Å². The molecule has 0 aliphatic heterocycles. The molecule has 0 aliphatic carbocycles. The number of pyridine rings is 1. The number of aromatic nitrogens is 1. The first-order valence-electron chi connectivity index (χ1n) is 5.43. The molecule has 0 saturated heterocycles. The quantitative estimate of drug-likeness (QED) is 0.575. The summed E-state index contributed by atoms with van der Waals surface area (Å²) in [5.74, 6) is 1.44. The summed E-state index contributed by atoms with van der Waals surface area (Å²) in [6.07, 6.45) is 1.88. The Hall–Kier alpha value is -0.830. The number of rotatable bonds is 8. The van der Waals surface area contributed by atoms with Gasteiger partial charge in [0.25, 0.3) is 0 Å². The van der Waals surface area contributed by atoms with E-state index >= 15 is 0 Å². The van der Waals surface area contributed by atoms with Gasteiger partial charge in [-0.25, -0.2) is 13.1 Å².